The van der Waals surface area contributed by atoms with E-state index in [9.17, 15) is 10.1 Å². The van der Waals surface area contributed by atoms with Crippen molar-refractivity contribution >= 4 is 40.3 Å². The molecule has 8 heteroatoms. The molecule has 2 atom stereocenters. The van der Waals surface area contributed by atoms with Crippen LogP contribution in [0.1, 0.15) is 24.9 Å². The van der Waals surface area contributed by atoms with E-state index in [2.05, 4.69) is 5.32 Å². The van der Waals surface area contributed by atoms with Crippen molar-refractivity contribution in [3.8, 4) is 5.75 Å². The highest BCUT2D eigenvalue weighted by molar-refractivity contribution is 7.80. The Morgan fingerprint density at radius 1 is 1.36 bits per heavy atom. The molecule has 0 unspecified atom stereocenters. The Hall–Kier alpha value is -2.38. The lowest BCUT2D eigenvalue weighted by Crippen LogP contribution is -2.65. The molecule has 128 valence electrons. The summed E-state index contributed by atoms with van der Waals surface area (Å²) in [6.07, 6.45) is 0.601. The highest BCUT2D eigenvalue weighted by Crippen LogP contribution is 2.46. The standard InChI is InChI=1S/C17H14ClN3O3S/c1-17-9-14(13-8-12(21(22)23)6-7-15(13)24-17)19-16(25)20(17)11-4-2-10(18)3-5-11/h2-8,14H,9H2,1H3,(H,19,25)/t14-,17+/m0/s1. The highest BCUT2D eigenvalue weighted by atomic mass is 35.5. The zero-order valence-corrected chi connectivity index (χ0v) is 14.8. The van der Waals surface area contributed by atoms with Gasteiger partial charge in [0.2, 0.25) is 0 Å². The molecule has 0 amide bonds. The van der Waals surface area contributed by atoms with Gasteiger partial charge in [-0.15, -0.1) is 0 Å². The van der Waals surface area contributed by atoms with Crippen molar-refractivity contribution in [3.63, 3.8) is 0 Å². The van der Waals surface area contributed by atoms with Gasteiger partial charge in [0, 0.05) is 34.8 Å². The fourth-order valence-electron chi connectivity index (χ4n) is 3.46. The van der Waals surface area contributed by atoms with E-state index in [4.69, 9.17) is 28.6 Å². The quantitative estimate of drug-likeness (QED) is 0.482. The number of nitrogens with one attached hydrogen (secondary N) is 1. The molecule has 1 N–H and O–H groups in total. The van der Waals surface area contributed by atoms with E-state index in [1.54, 1.807) is 24.3 Å². The number of hydrogen-bond acceptors (Lipinski definition) is 4. The second kappa shape index (κ2) is 5.57. The molecule has 0 radical (unpaired) electrons. The van der Waals surface area contributed by atoms with Crippen LogP contribution in [-0.2, 0) is 0 Å². The van der Waals surface area contributed by atoms with Gasteiger partial charge in [0.25, 0.3) is 5.69 Å². The molecule has 2 bridgehead atoms. The van der Waals surface area contributed by atoms with E-state index in [1.807, 2.05) is 24.0 Å². The Labute approximate surface area is 154 Å². The number of fused-ring (bicyclic) bond motifs is 4. The zero-order chi connectivity index (χ0) is 17.8. The summed E-state index contributed by atoms with van der Waals surface area (Å²) in [7, 11) is 0. The van der Waals surface area contributed by atoms with Gasteiger partial charge < -0.3 is 10.1 Å². The number of anilines is 1. The molecule has 1 saturated heterocycles. The normalized spacial score (nSPS) is 24.2. The summed E-state index contributed by atoms with van der Waals surface area (Å²) in [6.45, 7) is 1.96. The molecule has 2 aliphatic rings. The van der Waals surface area contributed by atoms with Crippen molar-refractivity contribution in [2.45, 2.75) is 25.1 Å². The van der Waals surface area contributed by atoms with E-state index in [-0.39, 0.29) is 11.7 Å². The fourth-order valence-corrected chi connectivity index (χ4v) is 4.02. The number of hydrogen-bond donors (Lipinski definition) is 1. The maximum atomic E-state index is 11.1. The second-order valence-corrected chi connectivity index (χ2v) is 7.10. The average Bonchev–Trinajstić information content (AvgIpc) is 2.55. The Kier molecular flexibility index (Phi) is 3.59. The molecule has 6 nitrogen and oxygen atoms in total. The minimum absolute atomic E-state index is 0.0406. The molecular weight excluding hydrogens is 362 g/mol. The summed E-state index contributed by atoms with van der Waals surface area (Å²) < 4.78 is 6.24. The highest BCUT2D eigenvalue weighted by Gasteiger charge is 2.48. The van der Waals surface area contributed by atoms with E-state index >= 15 is 0 Å². The van der Waals surface area contributed by atoms with Gasteiger partial charge in [0.15, 0.2) is 10.8 Å². The lowest BCUT2D eigenvalue weighted by molar-refractivity contribution is -0.385. The van der Waals surface area contributed by atoms with Crippen LogP contribution in [0.2, 0.25) is 5.02 Å². The molecule has 0 saturated carbocycles. The smallest absolute Gasteiger partial charge is 0.270 e. The van der Waals surface area contributed by atoms with E-state index in [0.717, 1.165) is 11.3 Å². The number of benzene rings is 2. The molecule has 1 fully saturated rings. The summed E-state index contributed by atoms with van der Waals surface area (Å²) in [5.74, 6) is 0.623. The van der Waals surface area contributed by atoms with Gasteiger partial charge in [-0.25, -0.2) is 0 Å². The van der Waals surface area contributed by atoms with Crippen molar-refractivity contribution in [1.29, 1.82) is 0 Å². The molecule has 0 spiro atoms. The number of nitro benzene ring substituents is 1. The van der Waals surface area contributed by atoms with Gasteiger partial charge in [-0.05, 0) is 49.5 Å². The second-order valence-electron chi connectivity index (χ2n) is 6.27. The number of non-ortho nitro benzene ring substituents is 1. The van der Waals surface area contributed by atoms with E-state index in [1.165, 1.54) is 6.07 Å². The average molecular weight is 376 g/mol. The van der Waals surface area contributed by atoms with E-state index in [0.29, 0.717) is 22.3 Å². The molecule has 0 aliphatic carbocycles. The molecule has 2 heterocycles. The van der Waals surface area contributed by atoms with Crippen molar-refractivity contribution in [2.75, 3.05) is 4.90 Å². The lowest BCUT2D eigenvalue weighted by atomic mass is 9.90. The third-order valence-electron chi connectivity index (χ3n) is 4.55. The summed E-state index contributed by atoms with van der Waals surface area (Å²) in [5.41, 5.74) is 0.973. The fraction of sp³-hybridized carbons (Fsp3) is 0.235. The van der Waals surface area contributed by atoms with Gasteiger partial charge >= 0.3 is 0 Å². The molecule has 2 aromatic carbocycles. The van der Waals surface area contributed by atoms with Crippen LogP contribution in [0.5, 0.6) is 5.75 Å². The number of nitrogens with zero attached hydrogens (tertiary/aromatic N) is 2. The first-order valence-corrected chi connectivity index (χ1v) is 8.50. The van der Waals surface area contributed by atoms with Crippen LogP contribution in [0.3, 0.4) is 0 Å². The Morgan fingerprint density at radius 3 is 2.76 bits per heavy atom. The lowest BCUT2D eigenvalue weighted by Gasteiger charge is -2.52. The minimum atomic E-state index is -0.691. The van der Waals surface area contributed by atoms with Crippen molar-refractivity contribution in [2.24, 2.45) is 0 Å². The van der Waals surface area contributed by atoms with Gasteiger partial charge in [-0.2, -0.15) is 0 Å². The summed E-state index contributed by atoms with van der Waals surface area (Å²) in [4.78, 5) is 12.6. The first kappa shape index (κ1) is 16.1. The van der Waals surface area contributed by atoms with E-state index < -0.39 is 10.6 Å². The summed E-state index contributed by atoms with van der Waals surface area (Å²) in [5, 5.41) is 15.5. The molecular formula is C17H14ClN3O3S. The maximum absolute atomic E-state index is 11.1. The van der Waals surface area contributed by atoms with Gasteiger partial charge in [0.1, 0.15) is 5.75 Å². The van der Waals surface area contributed by atoms with Crippen LogP contribution in [0, 0.1) is 10.1 Å². The number of thiocarbonyl (C=S) groups is 1. The topological polar surface area (TPSA) is 67.6 Å². The molecule has 2 aromatic rings. The largest absolute Gasteiger partial charge is 0.467 e. The number of nitro groups is 1. The monoisotopic (exact) mass is 375 g/mol. The van der Waals surface area contributed by atoms with Crippen molar-refractivity contribution in [3.05, 3.63) is 63.2 Å². The molecule has 4 rings (SSSR count). The molecule has 2 aliphatic heterocycles. The third-order valence-corrected chi connectivity index (χ3v) is 5.10. The minimum Gasteiger partial charge on any atom is -0.467 e. The van der Waals surface area contributed by atoms with Crippen LogP contribution in [0.4, 0.5) is 11.4 Å². The van der Waals surface area contributed by atoms with Crippen LogP contribution in [0.15, 0.2) is 42.5 Å². The van der Waals surface area contributed by atoms with Crippen molar-refractivity contribution in [1.82, 2.24) is 5.32 Å². The molecule has 0 aromatic heterocycles. The Morgan fingerprint density at radius 2 is 2.08 bits per heavy atom. The summed E-state index contributed by atoms with van der Waals surface area (Å²) >= 11 is 11.5. The zero-order valence-electron chi connectivity index (χ0n) is 13.2. The van der Waals surface area contributed by atoms with Crippen molar-refractivity contribution < 1.29 is 9.66 Å². The van der Waals surface area contributed by atoms with Crippen LogP contribution < -0.4 is 15.0 Å². The predicted molar refractivity (Wildman–Crippen MR) is 99.2 cm³/mol. The number of halogens is 1. The first-order valence-electron chi connectivity index (χ1n) is 7.71. The molecule has 25 heavy (non-hydrogen) atoms. The number of ether oxygens (including phenoxy) is 1. The number of rotatable bonds is 2. The van der Waals surface area contributed by atoms with Crippen LogP contribution in [0.25, 0.3) is 0 Å². The first-order chi connectivity index (χ1) is 11.9. The maximum Gasteiger partial charge on any atom is 0.270 e. The van der Waals surface area contributed by atoms with Gasteiger partial charge in [-0.3, -0.25) is 15.0 Å². The van der Waals surface area contributed by atoms with Crippen LogP contribution in [-0.4, -0.2) is 15.8 Å². The Balaban J connectivity index is 1.77. The summed E-state index contributed by atoms with van der Waals surface area (Å²) in [6, 6.07) is 11.9. The Bertz CT molecular complexity index is 889. The van der Waals surface area contributed by atoms with Gasteiger partial charge in [-0.1, -0.05) is 11.6 Å². The van der Waals surface area contributed by atoms with Crippen LogP contribution >= 0.6 is 23.8 Å². The predicted octanol–water partition coefficient (Wildman–Crippen LogP) is 4.18. The third kappa shape index (κ3) is 2.60. The SMILES string of the molecule is C[C@@]12C[C@H](NC(=S)N1c1ccc(Cl)cc1)c1cc([N+](=O)[O-])ccc1O2. The van der Waals surface area contributed by atoms with Gasteiger partial charge in [0.05, 0.1) is 11.0 Å².